The van der Waals surface area contributed by atoms with Crippen molar-refractivity contribution >= 4 is 12.2 Å². The molecule has 3 heteroatoms. The second-order valence-electron chi connectivity index (χ2n) is 9.35. The average Bonchev–Trinajstić information content (AvgIpc) is 2.96. The normalized spacial score (nSPS) is 12.9. The van der Waals surface area contributed by atoms with Crippen molar-refractivity contribution in [2.45, 2.75) is 113 Å². The molecule has 1 aliphatic carbocycles. The van der Waals surface area contributed by atoms with E-state index in [1.54, 1.807) is 0 Å². The van der Waals surface area contributed by atoms with E-state index < -0.39 is 0 Å². The average molecular weight is 512 g/mol. The first-order valence-electron chi connectivity index (χ1n) is 14.8. The van der Waals surface area contributed by atoms with Crippen LogP contribution in [0, 0.1) is 18.8 Å². The molecule has 210 valence electrons. The van der Waals surface area contributed by atoms with Crippen LogP contribution in [0.1, 0.15) is 121 Å². The van der Waals surface area contributed by atoms with E-state index in [1.807, 2.05) is 51.1 Å². The number of aryl methyl sites for hydroxylation is 2. The number of carbonyl (C=O) groups excluding carboxylic acids is 2. The van der Waals surface area contributed by atoms with Gasteiger partial charge >= 0.3 is 0 Å². The van der Waals surface area contributed by atoms with Crippen molar-refractivity contribution in [3.8, 4) is 0 Å². The summed E-state index contributed by atoms with van der Waals surface area (Å²) in [6.45, 7) is 17.4. The van der Waals surface area contributed by atoms with Gasteiger partial charge in [-0.3, -0.25) is 9.59 Å². The van der Waals surface area contributed by atoms with Crippen LogP contribution in [0.3, 0.4) is 0 Å². The van der Waals surface area contributed by atoms with Gasteiger partial charge in [0.25, 0.3) is 0 Å². The van der Waals surface area contributed by atoms with Gasteiger partial charge in [0.15, 0.2) is 0 Å². The topological polar surface area (TPSA) is 46.2 Å². The molecule has 37 heavy (non-hydrogen) atoms. The second kappa shape index (κ2) is 26.6. The van der Waals surface area contributed by atoms with Crippen molar-refractivity contribution in [3.05, 3.63) is 71.3 Å². The summed E-state index contributed by atoms with van der Waals surface area (Å²) in [6.07, 6.45) is 12.0. The van der Waals surface area contributed by atoms with Crippen LogP contribution in [-0.4, -0.2) is 18.7 Å². The van der Waals surface area contributed by atoms with E-state index in [2.05, 4.69) is 64.2 Å². The molecule has 0 aromatic heterocycles. The fraction of sp³-hybridized carbons (Fsp3) is 0.588. The lowest BCUT2D eigenvalue weighted by atomic mass is 9.80. The van der Waals surface area contributed by atoms with Crippen LogP contribution >= 0.6 is 0 Å². The molecule has 1 atom stereocenters. The summed E-state index contributed by atoms with van der Waals surface area (Å²) in [4.78, 5) is 22.0. The molecule has 0 spiro atoms. The first-order valence-corrected chi connectivity index (χ1v) is 14.8. The highest BCUT2D eigenvalue weighted by molar-refractivity contribution is 5.78. The fourth-order valence-electron chi connectivity index (χ4n) is 3.83. The summed E-state index contributed by atoms with van der Waals surface area (Å²) >= 11 is 0. The Labute approximate surface area is 229 Å². The summed E-state index contributed by atoms with van der Waals surface area (Å²) in [7, 11) is 0. The Morgan fingerprint density at radius 3 is 1.89 bits per heavy atom. The molecule has 1 unspecified atom stereocenters. The zero-order valence-corrected chi connectivity index (χ0v) is 25.3. The summed E-state index contributed by atoms with van der Waals surface area (Å²) in [5, 5.41) is 3.04. The van der Waals surface area contributed by atoms with E-state index in [0.717, 1.165) is 43.2 Å². The van der Waals surface area contributed by atoms with Crippen molar-refractivity contribution in [2.75, 3.05) is 6.54 Å². The van der Waals surface area contributed by atoms with Gasteiger partial charge in [-0.25, -0.2) is 0 Å². The van der Waals surface area contributed by atoms with E-state index in [-0.39, 0.29) is 11.8 Å². The lowest BCUT2D eigenvalue weighted by Crippen LogP contribution is -2.34. The molecule has 1 aliphatic rings. The van der Waals surface area contributed by atoms with Crippen LogP contribution in [0.5, 0.6) is 0 Å². The first-order chi connectivity index (χ1) is 17.9. The third-order valence-electron chi connectivity index (χ3n) is 6.17. The molecule has 1 amide bonds. The van der Waals surface area contributed by atoms with Crippen molar-refractivity contribution in [1.29, 1.82) is 0 Å². The number of unbranched alkanes of at least 4 members (excludes halogenated alkanes) is 1. The molecule has 3 nitrogen and oxygen atoms in total. The number of hydrogen-bond donors (Lipinski definition) is 1. The van der Waals surface area contributed by atoms with Gasteiger partial charge in [-0.1, -0.05) is 135 Å². The molecule has 2 aromatic rings. The Bertz CT molecular complexity index is 766. The SMILES string of the molecule is CC.CCC.CCCCNC(=O)C(C)C1CCCCC1.CCc1ccccc1.Cc1ccccc1C=O. The minimum atomic E-state index is 0.224. The van der Waals surface area contributed by atoms with Crippen LogP contribution in [0.25, 0.3) is 0 Å². The number of hydrogen-bond acceptors (Lipinski definition) is 2. The Kier molecular flexibility index (Phi) is 26.4. The Hall–Kier alpha value is -2.42. The van der Waals surface area contributed by atoms with Gasteiger partial charge in [-0.05, 0) is 49.7 Å². The van der Waals surface area contributed by atoms with Crippen LogP contribution in [0.15, 0.2) is 54.6 Å². The molecule has 1 saturated carbocycles. The molecule has 0 bridgehead atoms. The third kappa shape index (κ3) is 19.4. The first kappa shape index (κ1) is 36.7. The van der Waals surface area contributed by atoms with Crippen LogP contribution in [0.2, 0.25) is 0 Å². The number of aldehydes is 1. The fourth-order valence-corrected chi connectivity index (χ4v) is 3.83. The maximum Gasteiger partial charge on any atom is 0.223 e. The molecular weight excluding hydrogens is 454 g/mol. The maximum atomic E-state index is 11.8. The predicted octanol–water partition coefficient (Wildman–Crippen LogP) is 9.62. The number of nitrogens with one attached hydrogen (secondary N) is 1. The highest BCUT2D eigenvalue weighted by atomic mass is 16.1. The van der Waals surface area contributed by atoms with Crippen LogP contribution in [-0.2, 0) is 11.2 Å². The lowest BCUT2D eigenvalue weighted by Gasteiger charge is -2.26. The molecule has 2 aromatic carbocycles. The molecule has 0 saturated heterocycles. The van der Waals surface area contributed by atoms with Crippen LogP contribution < -0.4 is 5.32 Å². The minimum absolute atomic E-state index is 0.224. The molecular formula is C34H57NO2. The zero-order valence-electron chi connectivity index (χ0n) is 25.3. The van der Waals surface area contributed by atoms with Crippen molar-refractivity contribution in [1.82, 2.24) is 5.32 Å². The lowest BCUT2D eigenvalue weighted by molar-refractivity contribution is -0.126. The van der Waals surface area contributed by atoms with E-state index in [1.165, 1.54) is 44.1 Å². The van der Waals surface area contributed by atoms with E-state index in [9.17, 15) is 9.59 Å². The van der Waals surface area contributed by atoms with Gasteiger partial charge in [-0.2, -0.15) is 0 Å². The summed E-state index contributed by atoms with van der Waals surface area (Å²) in [6, 6.07) is 18.0. The Morgan fingerprint density at radius 2 is 1.46 bits per heavy atom. The molecule has 1 fully saturated rings. The molecule has 0 radical (unpaired) electrons. The molecule has 0 heterocycles. The van der Waals surface area contributed by atoms with Crippen molar-refractivity contribution < 1.29 is 9.59 Å². The highest BCUT2D eigenvalue weighted by Crippen LogP contribution is 2.29. The highest BCUT2D eigenvalue weighted by Gasteiger charge is 2.24. The van der Waals surface area contributed by atoms with Gasteiger partial charge in [0.2, 0.25) is 5.91 Å². The van der Waals surface area contributed by atoms with E-state index in [0.29, 0.717) is 5.92 Å². The van der Waals surface area contributed by atoms with Gasteiger partial charge in [0.1, 0.15) is 6.29 Å². The monoisotopic (exact) mass is 511 g/mol. The van der Waals surface area contributed by atoms with Gasteiger partial charge in [0.05, 0.1) is 0 Å². The molecule has 0 aliphatic heterocycles. The third-order valence-corrected chi connectivity index (χ3v) is 6.17. The Balaban J connectivity index is 0. The maximum absolute atomic E-state index is 11.8. The Morgan fingerprint density at radius 1 is 0.919 bits per heavy atom. The van der Waals surface area contributed by atoms with E-state index >= 15 is 0 Å². The number of amides is 1. The molecule has 3 rings (SSSR count). The summed E-state index contributed by atoms with van der Waals surface area (Å²) < 4.78 is 0. The minimum Gasteiger partial charge on any atom is -0.356 e. The van der Waals surface area contributed by atoms with E-state index in [4.69, 9.17) is 0 Å². The summed E-state index contributed by atoms with van der Waals surface area (Å²) in [5.41, 5.74) is 3.22. The standard InChI is InChI=1S/C13H25NO.C8H8O.C8H10.C3H8.C2H6/c1-3-4-10-14-13(15)11(2)12-8-6-5-7-9-12;1-7-4-2-3-5-8(7)6-9;1-2-8-6-4-3-5-7-8;1-3-2;1-2/h11-12H,3-10H2,1-2H3,(H,14,15);2-6H,1H3;3-7H,2H2,1H3;3H2,1-2H3;1-2H3. The van der Waals surface area contributed by atoms with Gasteiger partial charge < -0.3 is 5.32 Å². The second-order valence-corrected chi connectivity index (χ2v) is 9.35. The quantitative estimate of drug-likeness (QED) is 0.297. The van der Waals surface area contributed by atoms with Crippen LogP contribution in [0.4, 0.5) is 0 Å². The van der Waals surface area contributed by atoms with Gasteiger partial charge in [0, 0.05) is 18.0 Å². The van der Waals surface area contributed by atoms with Crippen molar-refractivity contribution in [2.24, 2.45) is 11.8 Å². The largest absolute Gasteiger partial charge is 0.356 e. The predicted molar refractivity (Wildman–Crippen MR) is 163 cm³/mol. The number of carbonyl (C=O) groups is 2. The molecule has 1 N–H and O–H groups in total. The number of benzene rings is 2. The van der Waals surface area contributed by atoms with Crippen molar-refractivity contribution in [3.63, 3.8) is 0 Å². The smallest absolute Gasteiger partial charge is 0.223 e. The number of rotatable bonds is 7. The zero-order chi connectivity index (χ0) is 28.3. The van der Waals surface area contributed by atoms with Gasteiger partial charge in [-0.15, -0.1) is 0 Å². The summed E-state index contributed by atoms with van der Waals surface area (Å²) in [5.74, 6) is 1.14.